The van der Waals surface area contributed by atoms with Crippen molar-refractivity contribution in [2.75, 3.05) is 100 Å². The highest BCUT2D eigenvalue weighted by Gasteiger charge is 2.45. The van der Waals surface area contributed by atoms with E-state index in [1.165, 1.54) is 22.0 Å². The van der Waals surface area contributed by atoms with Gasteiger partial charge in [0.1, 0.15) is 43.0 Å². The summed E-state index contributed by atoms with van der Waals surface area (Å²) < 4.78 is 23.4. The molecule has 9 N–H and O–H groups in total. The molecule has 7 atom stereocenters. The number of amides is 8. The van der Waals surface area contributed by atoms with Crippen LogP contribution in [0, 0.1) is 30.6 Å². The number of aryl methyl sites for hydroxylation is 1. The van der Waals surface area contributed by atoms with E-state index >= 15 is 0 Å². The average Bonchev–Trinajstić information content (AvgIpc) is 1.10. The van der Waals surface area contributed by atoms with Gasteiger partial charge in [0.25, 0.3) is 5.88 Å². The standard InChI is InChI=1S/C77H97N15O15S/c1-45(2)68(75(101)91-42-55(93)36-61(91)73(99)81-47(5)51-15-17-52(18-16-51)70-48(6)80-44-108-70)65-38-67(87-107-65)105-35-32-88-28-23-49(24-29-88)39-89-30-31-90-54(40-89)41-92(71-60(90)37-59(85-86-71)56-10-7-8-12-62(56)94)77(103)106-43-50-13-19-53(20-14-50)82-72(98)58(11-9-27-79-76(78)102)83-74(100)69(46(3)4)84-66(97)26-34-104-33-25-57-63(95)21-22-64(57)96/h7-8,10,12-22,37-38,44-47,49,54-55,57-58,61,68-69,93-94H,9,11,23-36,39-43H2,1-6H3,(H,81,99)(H,82,98)(H,83,100)(H,84,97)(H3,78,79,102)/t47-,54+,55+,58-,61-,68+,69-/m0/s1. The third-order valence-corrected chi connectivity index (χ3v) is 21.5. The number of carbonyl (C=O) groups excluding carboxylic acids is 9. The molecule has 31 heteroatoms. The smallest absolute Gasteiger partial charge is 0.415 e. The summed E-state index contributed by atoms with van der Waals surface area (Å²) in [7, 11) is 0. The van der Waals surface area contributed by atoms with E-state index in [1.807, 2.05) is 63.5 Å². The molecule has 0 saturated carbocycles. The number of piperidine rings is 1. The number of fused-ring (bicyclic) bond motifs is 3. The minimum Gasteiger partial charge on any atom is -0.507 e. The number of rotatable bonds is 32. The van der Waals surface area contributed by atoms with Crippen molar-refractivity contribution >= 4 is 81.8 Å². The first-order valence-electron chi connectivity index (χ1n) is 37.0. The number of ether oxygens (including phenoxy) is 3. The van der Waals surface area contributed by atoms with Gasteiger partial charge in [0.15, 0.2) is 23.1 Å². The number of benzene rings is 3. The summed E-state index contributed by atoms with van der Waals surface area (Å²) in [6, 6.07) is 20.7. The Balaban J connectivity index is 0.649. The summed E-state index contributed by atoms with van der Waals surface area (Å²) in [5, 5.41) is 48.9. The van der Waals surface area contributed by atoms with Crippen LogP contribution in [0.4, 0.5) is 26.8 Å². The Labute approximate surface area is 630 Å². The highest BCUT2D eigenvalue weighted by atomic mass is 32.1. The van der Waals surface area contributed by atoms with Gasteiger partial charge >= 0.3 is 12.1 Å². The van der Waals surface area contributed by atoms with E-state index in [-0.39, 0.29) is 125 Å². The van der Waals surface area contributed by atoms with Gasteiger partial charge in [-0.2, -0.15) is 0 Å². The second-order valence-electron chi connectivity index (χ2n) is 29.0. The zero-order valence-corrected chi connectivity index (χ0v) is 62.5. The number of nitrogens with one attached hydrogen (secondary N) is 5. The highest BCUT2D eigenvalue weighted by molar-refractivity contribution is 7.13. The Bertz CT molecular complexity index is 4180. The largest absolute Gasteiger partial charge is 0.507 e. The molecule has 0 bridgehead atoms. The molecule has 8 amide bonds. The Morgan fingerprint density at radius 1 is 0.806 bits per heavy atom. The maximum atomic E-state index is 14.4. The van der Waals surface area contributed by atoms with E-state index < -0.39 is 71.8 Å². The fraction of sp³-hybridized carbons (Fsp3) is 0.494. The van der Waals surface area contributed by atoms with E-state index in [4.69, 9.17) is 24.5 Å². The summed E-state index contributed by atoms with van der Waals surface area (Å²) in [6.45, 7) is 17.1. The molecule has 3 aromatic heterocycles. The zero-order valence-electron chi connectivity index (χ0n) is 61.7. The molecule has 0 unspecified atom stereocenters. The second-order valence-corrected chi connectivity index (χ2v) is 29.8. The Morgan fingerprint density at radius 3 is 2.26 bits per heavy atom. The van der Waals surface area contributed by atoms with E-state index in [0.29, 0.717) is 71.9 Å². The second kappa shape index (κ2) is 36.6. The predicted octanol–water partition coefficient (Wildman–Crippen LogP) is 6.42. The summed E-state index contributed by atoms with van der Waals surface area (Å²) in [5.41, 5.74) is 12.6. The van der Waals surface area contributed by atoms with Gasteiger partial charge < -0.3 is 71.1 Å². The monoisotopic (exact) mass is 1500 g/mol. The topological polar surface area (TPSA) is 389 Å². The van der Waals surface area contributed by atoms with Gasteiger partial charge in [0, 0.05) is 82.6 Å². The van der Waals surface area contributed by atoms with Crippen LogP contribution >= 0.6 is 11.3 Å². The van der Waals surface area contributed by atoms with Gasteiger partial charge in [-0.3, -0.25) is 48.3 Å². The number of urea groups is 1. The summed E-state index contributed by atoms with van der Waals surface area (Å²) >= 11 is 1.57. The third-order valence-electron chi connectivity index (χ3n) is 20.5. The average molecular weight is 1500 g/mol. The van der Waals surface area contributed by atoms with Crippen molar-refractivity contribution in [3.8, 4) is 33.3 Å². The lowest BCUT2D eigenvalue weighted by Gasteiger charge is -2.48. The van der Waals surface area contributed by atoms with Crippen molar-refractivity contribution in [1.82, 2.24) is 56.3 Å². The van der Waals surface area contributed by atoms with Gasteiger partial charge in [-0.1, -0.05) is 76.2 Å². The minimum absolute atomic E-state index is 0.0116. The number of anilines is 3. The highest BCUT2D eigenvalue weighted by Crippen LogP contribution is 2.40. The number of aliphatic hydroxyl groups is 1. The van der Waals surface area contributed by atoms with Crippen LogP contribution in [-0.4, -0.2) is 214 Å². The quantitative estimate of drug-likeness (QED) is 0.0167. The van der Waals surface area contributed by atoms with Crippen LogP contribution in [0.3, 0.4) is 0 Å². The molecular weight excluding hydrogens is 1410 g/mol. The number of hydrogen-bond donors (Lipinski definition) is 8. The molecule has 3 saturated heterocycles. The molecule has 5 aliphatic rings. The van der Waals surface area contributed by atoms with Crippen LogP contribution < -0.4 is 46.9 Å². The number of ketones is 2. The Morgan fingerprint density at radius 2 is 1.56 bits per heavy atom. The molecule has 3 aromatic carbocycles. The number of phenolic OH excluding ortho intramolecular Hbond substituents is 1. The first-order chi connectivity index (χ1) is 51.9. The zero-order chi connectivity index (χ0) is 76.7. The van der Waals surface area contributed by atoms with E-state index in [1.54, 1.807) is 79.8 Å². The molecule has 0 radical (unpaired) electrons. The van der Waals surface area contributed by atoms with Gasteiger partial charge in [-0.15, -0.1) is 21.5 Å². The number of likely N-dealkylation sites (tertiary alicyclic amines) is 2. The molecule has 4 aliphatic heterocycles. The van der Waals surface area contributed by atoms with Crippen molar-refractivity contribution in [2.24, 2.45) is 29.4 Å². The summed E-state index contributed by atoms with van der Waals surface area (Å²) in [4.78, 5) is 134. The van der Waals surface area contributed by atoms with Gasteiger partial charge in [0.2, 0.25) is 29.5 Å². The summed E-state index contributed by atoms with van der Waals surface area (Å²) in [5.74, 6) is -3.75. The lowest BCUT2D eigenvalue weighted by Crippen LogP contribution is -2.61. The van der Waals surface area contributed by atoms with Crippen LogP contribution in [-0.2, 0) is 49.6 Å². The van der Waals surface area contributed by atoms with Crippen molar-refractivity contribution in [3.05, 3.63) is 125 Å². The molecule has 11 rings (SSSR count). The number of allylic oxidation sites excluding steroid dienone is 2. The van der Waals surface area contributed by atoms with E-state index in [9.17, 15) is 53.4 Å². The number of primary amides is 1. The Kier molecular flexibility index (Phi) is 26.7. The number of β-amino-alcohol motifs (C(OH)–C–C–N with tert-alkyl or cyclic N) is 1. The third kappa shape index (κ3) is 20.1. The fourth-order valence-corrected chi connectivity index (χ4v) is 15.3. The number of nitrogens with two attached hydrogens (primary N) is 1. The number of aromatic hydroxyl groups is 1. The van der Waals surface area contributed by atoms with Crippen LogP contribution in [0.25, 0.3) is 21.7 Å². The molecule has 0 spiro atoms. The first-order valence-corrected chi connectivity index (χ1v) is 37.9. The predicted molar refractivity (Wildman–Crippen MR) is 401 cm³/mol. The first kappa shape index (κ1) is 78.8. The number of para-hydroxylation sites is 1. The van der Waals surface area contributed by atoms with Crippen molar-refractivity contribution < 1.29 is 72.1 Å². The fourth-order valence-electron chi connectivity index (χ4n) is 14.5. The van der Waals surface area contributed by atoms with Crippen molar-refractivity contribution in [1.29, 1.82) is 0 Å². The SMILES string of the molecule is Cc1ncsc1-c1ccc([C@H](C)NC(=O)[C@@H]2C[C@@H](O)CN2C(=O)[C@@H](c2cc(OCCN3CCC(CN4CCN5c6cc(-c7ccccc7O)nnc6N(C(=O)OCc6ccc(NC(=O)[C@H](CCCNC(N)=O)NC(=O)[C@@H](NC(=O)CCOCCC7C(=O)C=CC7=O)C(C)C)cc6)C[C@H]5C4)CC3)no2)C(C)C)cc1. The number of piperazine rings is 1. The van der Waals surface area contributed by atoms with Crippen LogP contribution in [0.15, 0.2) is 107 Å². The van der Waals surface area contributed by atoms with Crippen LogP contribution in [0.5, 0.6) is 11.6 Å². The maximum absolute atomic E-state index is 14.4. The number of phenols is 1. The number of aromatic nitrogens is 4. The Hall–Kier alpha value is -10.2. The molecule has 1 aliphatic carbocycles. The van der Waals surface area contributed by atoms with Crippen molar-refractivity contribution in [3.63, 3.8) is 0 Å². The molecular formula is C77H97N15O15S. The molecule has 30 nitrogen and oxygen atoms in total. The number of thiazole rings is 1. The van der Waals surface area contributed by atoms with E-state index in [2.05, 4.69) is 61.6 Å². The summed E-state index contributed by atoms with van der Waals surface area (Å²) in [6.07, 6.45) is 3.43. The van der Waals surface area contributed by atoms with Gasteiger partial charge in [-0.25, -0.2) is 14.6 Å². The molecule has 576 valence electrons. The van der Waals surface area contributed by atoms with E-state index in [0.717, 1.165) is 60.7 Å². The molecule has 3 fully saturated rings. The number of nitrogens with zero attached hydrogens (tertiary/aromatic N) is 9. The van der Waals surface area contributed by atoms with Crippen LogP contribution in [0.1, 0.15) is 114 Å². The minimum atomic E-state index is -1.11. The lowest BCUT2D eigenvalue weighted by atomic mass is 9.91. The number of carbonyl (C=O) groups is 9. The molecule has 6 aromatic rings. The van der Waals surface area contributed by atoms with Gasteiger partial charge in [-0.05, 0) is 141 Å². The number of hydrogen-bond acceptors (Lipinski definition) is 23. The lowest BCUT2D eigenvalue weighted by molar-refractivity contribution is -0.141. The van der Waals surface area contributed by atoms with Crippen molar-refractivity contribution in [2.45, 2.75) is 135 Å². The number of aliphatic hydroxyl groups excluding tert-OH is 1. The van der Waals surface area contributed by atoms with Crippen LogP contribution in [0.2, 0.25) is 0 Å². The van der Waals surface area contributed by atoms with Gasteiger partial charge in [0.05, 0.1) is 64.7 Å². The molecule has 108 heavy (non-hydrogen) atoms. The normalized spacial score (nSPS) is 18.8. The molecule has 7 heterocycles. The maximum Gasteiger partial charge on any atom is 0.415 e.